The molecule has 1 amide bonds. The molecule has 7 nitrogen and oxygen atoms in total. The molecule has 1 unspecified atom stereocenters. The average molecular weight is 536 g/mol. The standard InChI is InChI=1S/C30H30ClNO6/c1-6-38-24-15-19(9-12-23(24)33)26-25(27(34)21-13-17(4)14-22(31)29(21)37-5)28(35)30(36)32(26)20-10-7-18(8-11-20)16(2)3/h7-16,26,33-34H,6H2,1-5H3/b27-25+. The number of Topliss-reactive ketones (excluding diaryl/α,β-unsaturated/α-hetero) is 1. The van der Waals surface area contributed by atoms with Crippen molar-refractivity contribution in [2.24, 2.45) is 0 Å². The highest BCUT2D eigenvalue weighted by atomic mass is 35.5. The van der Waals surface area contributed by atoms with Crippen LogP contribution in [-0.4, -0.2) is 35.6 Å². The molecule has 3 aromatic rings. The first-order chi connectivity index (χ1) is 18.1. The van der Waals surface area contributed by atoms with E-state index >= 15 is 0 Å². The quantitative estimate of drug-likeness (QED) is 0.203. The second-order valence-electron chi connectivity index (χ2n) is 9.40. The molecular weight excluding hydrogens is 506 g/mol. The van der Waals surface area contributed by atoms with Gasteiger partial charge in [-0.2, -0.15) is 0 Å². The Labute approximate surface area is 226 Å². The minimum absolute atomic E-state index is 0.0824. The van der Waals surface area contributed by atoms with E-state index in [0.29, 0.717) is 17.9 Å². The van der Waals surface area contributed by atoms with Crippen molar-refractivity contribution < 1.29 is 29.3 Å². The molecule has 3 aromatic carbocycles. The van der Waals surface area contributed by atoms with Crippen LogP contribution < -0.4 is 14.4 Å². The largest absolute Gasteiger partial charge is 0.507 e. The van der Waals surface area contributed by atoms with E-state index in [1.807, 2.05) is 12.1 Å². The number of phenolic OH excluding ortho intramolecular Hbond substituents is 1. The van der Waals surface area contributed by atoms with Crippen LogP contribution in [0.1, 0.15) is 55.0 Å². The van der Waals surface area contributed by atoms with Gasteiger partial charge in [0.05, 0.1) is 35.9 Å². The Morgan fingerprint density at radius 3 is 2.37 bits per heavy atom. The number of carbonyl (C=O) groups excluding carboxylic acids is 2. The van der Waals surface area contributed by atoms with Crippen molar-refractivity contribution in [3.05, 3.63) is 87.4 Å². The smallest absolute Gasteiger partial charge is 0.300 e. The molecule has 1 atom stereocenters. The SMILES string of the molecule is CCOc1cc(C2/C(=C(\O)c3cc(C)cc(Cl)c3OC)C(=O)C(=O)N2c2ccc(C(C)C)cc2)ccc1O. The van der Waals surface area contributed by atoms with Gasteiger partial charge >= 0.3 is 0 Å². The number of carbonyl (C=O) groups is 2. The van der Waals surface area contributed by atoms with Gasteiger partial charge in [0.1, 0.15) is 11.5 Å². The summed E-state index contributed by atoms with van der Waals surface area (Å²) < 4.78 is 11.0. The highest BCUT2D eigenvalue weighted by Gasteiger charge is 2.47. The number of ether oxygens (including phenoxy) is 2. The van der Waals surface area contributed by atoms with Gasteiger partial charge in [-0.25, -0.2) is 0 Å². The third-order valence-electron chi connectivity index (χ3n) is 6.53. The van der Waals surface area contributed by atoms with Crippen LogP contribution in [0.15, 0.2) is 60.2 Å². The van der Waals surface area contributed by atoms with Crippen molar-refractivity contribution in [3.63, 3.8) is 0 Å². The first-order valence-corrected chi connectivity index (χ1v) is 12.7. The van der Waals surface area contributed by atoms with Crippen LogP contribution >= 0.6 is 11.6 Å². The van der Waals surface area contributed by atoms with Crippen molar-refractivity contribution in [1.29, 1.82) is 0 Å². The maximum Gasteiger partial charge on any atom is 0.300 e. The number of rotatable bonds is 7. The molecule has 1 heterocycles. The second-order valence-corrected chi connectivity index (χ2v) is 9.81. The zero-order valence-electron chi connectivity index (χ0n) is 21.9. The normalized spacial score (nSPS) is 16.8. The zero-order valence-corrected chi connectivity index (χ0v) is 22.7. The highest BCUT2D eigenvalue weighted by Crippen LogP contribution is 2.46. The summed E-state index contributed by atoms with van der Waals surface area (Å²) in [5.41, 5.74) is 2.83. The Morgan fingerprint density at radius 1 is 1.08 bits per heavy atom. The van der Waals surface area contributed by atoms with Crippen LogP contribution in [0.4, 0.5) is 5.69 Å². The van der Waals surface area contributed by atoms with Crippen molar-refractivity contribution in [3.8, 4) is 17.2 Å². The van der Waals surface area contributed by atoms with E-state index < -0.39 is 23.5 Å². The van der Waals surface area contributed by atoms with Crippen LogP contribution in [0.2, 0.25) is 5.02 Å². The number of halogens is 1. The van der Waals surface area contributed by atoms with Gasteiger partial charge in [-0.1, -0.05) is 43.6 Å². The van der Waals surface area contributed by atoms with E-state index in [1.54, 1.807) is 50.2 Å². The van der Waals surface area contributed by atoms with Crippen molar-refractivity contribution in [2.45, 2.75) is 39.7 Å². The lowest BCUT2D eigenvalue weighted by molar-refractivity contribution is -0.132. The summed E-state index contributed by atoms with van der Waals surface area (Å²) in [5, 5.41) is 22.1. The molecule has 1 aliphatic heterocycles. The number of amides is 1. The highest BCUT2D eigenvalue weighted by molar-refractivity contribution is 6.51. The number of aryl methyl sites for hydroxylation is 1. The summed E-state index contributed by atoms with van der Waals surface area (Å²) in [6, 6.07) is 14.3. The Hall–Kier alpha value is -3.97. The molecule has 4 rings (SSSR count). The Balaban J connectivity index is 2.00. The fourth-order valence-electron chi connectivity index (χ4n) is 4.66. The predicted octanol–water partition coefficient (Wildman–Crippen LogP) is 6.51. The first kappa shape index (κ1) is 27.1. The van der Waals surface area contributed by atoms with Gasteiger partial charge in [0.15, 0.2) is 11.5 Å². The second kappa shape index (κ2) is 10.8. The van der Waals surface area contributed by atoms with Crippen molar-refractivity contribution >= 4 is 34.7 Å². The predicted molar refractivity (Wildman–Crippen MR) is 147 cm³/mol. The zero-order chi connectivity index (χ0) is 27.7. The molecule has 38 heavy (non-hydrogen) atoms. The molecule has 0 saturated carbocycles. The number of phenols is 1. The molecule has 1 aliphatic rings. The summed E-state index contributed by atoms with van der Waals surface area (Å²) in [6.07, 6.45) is 0. The summed E-state index contributed by atoms with van der Waals surface area (Å²) >= 11 is 6.38. The average Bonchev–Trinajstić information content (AvgIpc) is 3.15. The van der Waals surface area contributed by atoms with Crippen LogP contribution in [0, 0.1) is 6.92 Å². The van der Waals surface area contributed by atoms with Crippen LogP contribution in [0.3, 0.4) is 0 Å². The van der Waals surface area contributed by atoms with Crippen molar-refractivity contribution in [2.75, 3.05) is 18.6 Å². The molecular formula is C30H30ClNO6. The number of hydrogen-bond donors (Lipinski definition) is 2. The minimum atomic E-state index is -1.01. The summed E-state index contributed by atoms with van der Waals surface area (Å²) in [6.45, 7) is 8.00. The number of ketones is 1. The van der Waals surface area contributed by atoms with E-state index in [4.69, 9.17) is 21.1 Å². The lowest BCUT2D eigenvalue weighted by Crippen LogP contribution is -2.29. The Bertz CT molecular complexity index is 1430. The third kappa shape index (κ3) is 4.82. The number of anilines is 1. The van der Waals surface area contributed by atoms with Crippen LogP contribution in [0.25, 0.3) is 5.76 Å². The molecule has 1 fully saturated rings. The summed E-state index contributed by atoms with van der Waals surface area (Å²) in [5.74, 6) is -1.49. The molecule has 1 saturated heterocycles. The lowest BCUT2D eigenvalue weighted by Gasteiger charge is -2.26. The molecule has 0 spiro atoms. The number of nitrogens with zero attached hydrogens (tertiary/aromatic N) is 1. The molecule has 0 aliphatic carbocycles. The minimum Gasteiger partial charge on any atom is -0.507 e. The lowest BCUT2D eigenvalue weighted by atomic mass is 9.94. The van der Waals surface area contributed by atoms with Gasteiger partial charge in [-0.15, -0.1) is 0 Å². The van der Waals surface area contributed by atoms with Gasteiger partial charge < -0.3 is 19.7 Å². The van der Waals surface area contributed by atoms with Gasteiger partial charge in [-0.3, -0.25) is 14.5 Å². The molecule has 198 valence electrons. The van der Waals surface area contributed by atoms with E-state index in [1.165, 1.54) is 18.1 Å². The number of aliphatic hydroxyl groups excluding tert-OH is 1. The number of hydrogen-bond acceptors (Lipinski definition) is 6. The van der Waals surface area contributed by atoms with Gasteiger partial charge in [-0.05, 0) is 72.9 Å². The number of benzene rings is 3. The van der Waals surface area contributed by atoms with Gasteiger partial charge in [0.25, 0.3) is 11.7 Å². The summed E-state index contributed by atoms with van der Waals surface area (Å²) in [4.78, 5) is 28.4. The van der Waals surface area contributed by atoms with Crippen molar-refractivity contribution in [1.82, 2.24) is 0 Å². The van der Waals surface area contributed by atoms with Crippen LogP contribution in [-0.2, 0) is 9.59 Å². The number of methoxy groups -OCH3 is 1. The molecule has 8 heteroatoms. The fourth-order valence-corrected chi connectivity index (χ4v) is 5.01. The fraction of sp³-hybridized carbons (Fsp3) is 0.267. The number of aliphatic hydroxyl groups is 1. The Kier molecular flexibility index (Phi) is 7.69. The van der Waals surface area contributed by atoms with E-state index in [2.05, 4.69) is 13.8 Å². The topological polar surface area (TPSA) is 96.3 Å². The Morgan fingerprint density at radius 2 is 1.76 bits per heavy atom. The van der Waals surface area contributed by atoms with E-state index in [-0.39, 0.29) is 39.3 Å². The molecule has 0 bridgehead atoms. The molecule has 0 aromatic heterocycles. The molecule has 0 radical (unpaired) electrons. The van der Waals surface area contributed by atoms with Crippen LogP contribution in [0.5, 0.6) is 17.2 Å². The third-order valence-corrected chi connectivity index (χ3v) is 6.81. The van der Waals surface area contributed by atoms with Gasteiger partial charge in [0.2, 0.25) is 0 Å². The van der Waals surface area contributed by atoms with E-state index in [9.17, 15) is 19.8 Å². The molecule has 2 N–H and O–H groups in total. The van der Waals surface area contributed by atoms with Gasteiger partial charge in [0, 0.05) is 5.69 Å². The monoisotopic (exact) mass is 535 g/mol. The first-order valence-electron chi connectivity index (χ1n) is 12.3. The maximum atomic E-state index is 13.5. The summed E-state index contributed by atoms with van der Waals surface area (Å²) in [7, 11) is 1.41. The maximum absolute atomic E-state index is 13.5. The number of aromatic hydroxyl groups is 1. The van der Waals surface area contributed by atoms with E-state index in [0.717, 1.165) is 11.1 Å².